The van der Waals surface area contributed by atoms with Gasteiger partial charge in [0.15, 0.2) is 5.78 Å². The molecular weight excluding hydrogens is 241 g/mol. The molecule has 0 amide bonds. The quantitative estimate of drug-likeness (QED) is 0.676. The van der Waals surface area contributed by atoms with Gasteiger partial charge in [-0.05, 0) is 42.7 Å². The van der Waals surface area contributed by atoms with Crippen LogP contribution >= 0.6 is 0 Å². The lowest BCUT2D eigenvalue weighted by Crippen LogP contribution is -2.10. The molecule has 0 radical (unpaired) electrons. The van der Waals surface area contributed by atoms with E-state index in [1.54, 1.807) is 6.07 Å². The van der Waals surface area contributed by atoms with E-state index in [0.717, 1.165) is 16.7 Å². The summed E-state index contributed by atoms with van der Waals surface area (Å²) >= 11 is 0. The van der Waals surface area contributed by atoms with E-state index in [-0.39, 0.29) is 23.5 Å². The summed E-state index contributed by atoms with van der Waals surface area (Å²) in [4.78, 5) is 12.2. The Labute approximate surface area is 112 Å². The predicted molar refractivity (Wildman–Crippen MR) is 74.8 cm³/mol. The summed E-state index contributed by atoms with van der Waals surface area (Å²) in [5.74, 6) is -0.707. The molecular formula is C16H16FNO. The average Bonchev–Trinajstić information content (AvgIpc) is 2.37. The van der Waals surface area contributed by atoms with E-state index in [1.807, 2.05) is 32.0 Å². The predicted octanol–water partition coefficient (Wildman–Crippen LogP) is 3.45. The van der Waals surface area contributed by atoms with Crippen molar-refractivity contribution in [3.8, 4) is 0 Å². The Bertz CT molecular complexity index is 614. The second-order valence-electron chi connectivity index (χ2n) is 4.67. The molecule has 0 heterocycles. The number of para-hydroxylation sites is 1. The first-order valence-corrected chi connectivity index (χ1v) is 6.13. The number of carbonyl (C=O) groups excluding carboxylic acids is 1. The fourth-order valence-corrected chi connectivity index (χ4v) is 2.16. The molecule has 0 saturated heterocycles. The van der Waals surface area contributed by atoms with Gasteiger partial charge in [-0.1, -0.05) is 24.3 Å². The number of ketones is 1. The van der Waals surface area contributed by atoms with Crippen LogP contribution in [0.4, 0.5) is 10.1 Å². The number of aryl methyl sites for hydroxylation is 2. The van der Waals surface area contributed by atoms with Crippen LogP contribution in [0.5, 0.6) is 0 Å². The summed E-state index contributed by atoms with van der Waals surface area (Å²) in [5.41, 5.74) is 8.90. The van der Waals surface area contributed by atoms with Crippen LogP contribution in [0.15, 0.2) is 36.4 Å². The minimum absolute atomic E-state index is 0.0706. The maximum atomic E-state index is 13.4. The Kier molecular flexibility index (Phi) is 3.65. The van der Waals surface area contributed by atoms with Gasteiger partial charge >= 0.3 is 0 Å². The van der Waals surface area contributed by atoms with E-state index >= 15 is 0 Å². The number of anilines is 1. The Balaban J connectivity index is 2.34. The van der Waals surface area contributed by atoms with E-state index in [0.29, 0.717) is 0 Å². The van der Waals surface area contributed by atoms with E-state index in [1.165, 1.54) is 12.1 Å². The first-order chi connectivity index (χ1) is 9.00. The van der Waals surface area contributed by atoms with E-state index in [2.05, 4.69) is 0 Å². The highest BCUT2D eigenvalue weighted by molar-refractivity contribution is 6.02. The van der Waals surface area contributed by atoms with Gasteiger partial charge in [-0.25, -0.2) is 4.39 Å². The van der Waals surface area contributed by atoms with Gasteiger partial charge in [-0.2, -0.15) is 0 Å². The molecule has 2 aromatic rings. The summed E-state index contributed by atoms with van der Waals surface area (Å²) < 4.78 is 13.4. The van der Waals surface area contributed by atoms with Gasteiger partial charge in [-0.15, -0.1) is 0 Å². The van der Waals surface area contributed by atoms with Crippen molar-refractivity contribution in [1.29, 1.82) is 0 Å². The fraction of sp³-hybridized carbons (Fsp3) is 0.188. The zero-order valence-electron chi connectivity index (χ0n) is 11.0. The van der Waals surface area contributed by atoms with Crippen LogP contribution in [0.2, 0.25) is 0 Å². The molecule has 0 aliphatic carbocycles. The Morgan fingerprint density at radius 2 is 1.68 bits per heavy atom. The molecule has 0 spiro atoms. The van der Waals surface area contributed by atoms with Crippen LogP contribution in [-0.4, -0.2) is 5.78 Å². The fourth-order valence-electron chi connectivity index (χ4n) is 2.16. The van der Waals surface area contributed by atoms with Gasteiger partial charge in [0, 0.05) is 12.0 Å². The van der Waals surface area contributed by atoms with E-state index in [4.69, 9.17) is 5.73 Å². The summed E-state index contributed by atoms with van der Waals surface area (Å²) in [6, 6.07) is 10.2. The number of hydrogen-bond donors (Lipinski definition) is 1. The number of rotatable bonds is 3. The number of carbonyl (C=O) groups is 1. The van der Waals surface area contributed by atoms with Gasteiger partial charge in [-0.3, -0.25) is 4.79 Å². The van der Waals surface area contributed by atoms with E-state index in [9.17, 15) is 9.18 Å². The van der Waals surface area contributed by atoms with Gasteiger partial charge in [0.2, 0.25) is 0 Å². The van der Waals surface area contributed by atoms with Gasteiger partial charge in [0.1, 0.15) is 5.82 Å². The second kappa shape index (κ2) is 5.22. The lowest BCUT2D eigenvalue weighted by molar-refractivity contribution is 0.0993. The minimum Gasteiger partial charge on any atom is -0.396 e. The molecule has 0 fully saturated rings. The zero-order chi connectivity index (χ0) is 14.0. The molecule has 0 bridgehead atoms. The second-order valence-corrected chi connectivity index (χ2v) is 4.67. The first kappa shape index (κ1) is 13.3. The van der Waals surface area contributed by atoms with Crippen LogP contribution in [0, 0.1) is 19.7 Å². The smallest absolute Gasteiger partial charge is 0.169 e. The summed E-state index contributed by atoms with van der Waals surface area (Å²) in [6.45, 7) is 3.93. The number of benzene rings is 2. The molecule has 0 aromatic heterocycles. The van der Waals surface area contributed by atoms with Crippen molar-refractivity contribution >= 4 is 11.5 Å². The SMILES string of the molecule is Cc1cccc(C)c1CC(=O)c1cccc(F)c1N. The van der Waals surface area contributed by atoms with Crippen molar-refractivity contribution < 1.29 is 9.18 Å². The van der Waals surface area contributed by atoms with Crippen LogP contribution in [0.25, 0.3) is 0 Å². The highest BCUT2D eigenvalue weighted by Crippen LogP contribution is 2.20. The van der Waals surface area contributed by atoms with Crippen molar-refractivity contribution in [3.05, 3.63) is 64.5 Å². The van der Waals surface area contributed by atoms with Crippen molar-refractivity contribution in [2.24, 2.45) is 0 Å². The maximum Gasteiger partial charge on any atom is 0.169 e. The Morgan fingerprint density at radius 1 is 1.11 bits per heavy atom. The van der Waals surface area contributed by atoms with Crippen LogP contribution < -0.4 is 5.73 Å². The largest absolute Gasteiger partial charge is 0.396 e. The third kappa shape index (κ3) is 2.65. The monoisotopic (exact) mass is 257 g/mol. The maximum absolute atomic E-state index is 13.4. The van der Waals surface area contributed by atoms with Crippen molar-refractivity contribution in [2.75, 3.05) is 5.73 Å². The molecule has 0 saturated carbocycles. The molecule has 2 N–H and O–H groups in total. The number of Topliss-reactive ketones (excluding diaryl/α,β-unsaturated/α-hetero) is 1. The third-order valence-electron chi connectivity index (χ3n) is 3.34. The highest BCUT2D eigenvalue weighted by Gasteiger charge is 2.15. The molecule has 19 heavy (non-hydrogen) atoms. The molecule has 2 aromatic carbocycles. The van der Waals surface area contributed by atoms with Crippen molar-refractivity contribution in [1.82, 2.24) is 0 Å². The Morgan fingerprint density at radius 3 is 2.32 bits per heavy atom. The Hall–Kier alpha value is -2.16. The number of nitrogens with two attached hydrogens (primary N) is 1. The van der Waals surface area contributed by atoms with Gasteiger partial charge in [0.05, 0.1) is 5.69 Å². The minimum atomic E-state index is -0.549. The molecule has 0 atom stereocenters. The number of nitrogen functional groups attached to an aromatic ring is 1. The topological polar surface area (TPSA) is 43.1 Å². The lowest BCUT2D eigenvalue weighted by atomic mass is 9.95. The number of halogens is 1. The molecule has 0 unspecified atom stereocenters. The van der Waals surface area contributed by atoms with Crippen LogP contribution in [-0.2, 0) is 6.42 Å². The third-order valence-corrected chi connectivity index (χ3v) is 3.34. The molecule has 2 nitrogen and oxygen atoms in total. The van der Waals surface area contributed by atoms with Crippen molar-refractivity contribution in [2.45, 2.75) is 20.3 Å². The van der Waals surface area contributed by atoms with Gasteiger partial charge in [0.25, 0.3) is 0 Å². The normalized spacial score (nSPS) is 10.5. The van der Waals surface area contributed by atoms with Crippen molar-refractivity contribution in [3.63, 3.8) is 0 Å². The molecule has 0 aliphatic heterocycles. The summed E-state index contributed by atoms with van der Waals surface area (Å²) in [7, 11) is 0. The van der Waals surface area contributed by atoms with E-state index < -0.39 is 5.82 Å². The average molecular weight is 257 g/mol. The zero-order valence-corrected chi connectivity index (χ0v) is 11.0. The van der Waals surface area contributed by atoms with Gasteiger partial charge < -0.3 is 5.73 Å². The molecule has 0 aliphatic rings. The van der Waals surface area contributed by atoms with Crippen LogP contribution in [0.3, 0.4) is 0 Å². The number of hydrogen-bond acceptors (Lipinski definition) is 2. The molecule has 98 valence electrons. The van der Waals surface area contributed by atoms with Crippen LogP contribution in [0.1, 0.15) is 27.0 Å². The molecule has 3 heteroatoms. The highest BCUT2D eigenvalue weighted by atomic mass is 19.1. The molecule has 2 rings (SSSR count). The lowest BCUT2D eigenvalue weighted by Gasteiger charge is -2.10. The standard InChI is InChI=1S/C16H16FNO/c1-10-5-3-6-11(2)13(10)9-15(19)12-7-4-8-14(17)16(12)18/h3-8H,9,18H2,1-2H3. The first-order valence-electron chi connectivity index (χ1n) is 6.13. The summed E-state index contributed by atoms with van der Waals surface area (Å²) in [5, 5.41) is 0. The summed E-state index contributed by atoms with van der Waals surface area (Å²) in [6.07, 6.45) is 0.242.